The van der Waals surface area contributed by atoms with E-state index in [2.05, 4.69) is 26.0 Å². The number of hydrogen-bond donors (Lipinski definition) is 1. The zero-order valence-electron chi connectivity index (χ0n) is 10.8. The van der Waals surface area contributed by atoms with Crippen molar-refractivity contribution in [3.05, 3.63) is 54.0 Å². The molecule has 96 valence electrons. The number of benzene rings is 1. The minimum Gasteiger partial charge on any atom is -0.481 e. The second-order valence-electron chi connectivity index (χ2n) is 4.58. The van der Waals surface area contributed by atoms with Gasteiger partial charge in [-0.2, -0.15) is 0 Å². The fraction of sp³-hybridized carbons (Fsp3) is 0.333. The van der Waals surface area contributed by atoms with Crippen LogP contribution in [0.5, 0.6) is 5.75 Å². The highest BCUT2D eigenvalue weighted by Gasteiger charge is 2.14. The summed E-state index contributed by atoms with van der Waals surface area (Å²) in [5.41, 5.74) is 7.00. The summed E-state index contributed by atoms with van der Waals surface area (Å²) in [5.74, 6) is 2.09. The molecule has 2 rings (SSSR count). The average molecular weight is 245 g/mol. The highest BCUT2D eigenvalue weighted by Crippen LogP contribution is 2.24. The Morgan fingerprint density at radius 3 is 2.39 bits per heavy atom. The van der Waals surface area contributed by atoms with Gasteiger partial charge < -0.3 is 14.9 Å². The van der Waals surface area contributed by atoms with Crippen LogP contribution in [0.1, 0.15) is 37.2 Å². The van der Waals surface area contributed by atoms with E-state index in [0.717, 1.165) is 11.5 Å². The molecule has 1 atom stereocenters. The fourth-order valence-electron chi connectivity index (χ4n) is 1.79. The van der Waals surface area contributed by atoms with Gasteiger partial charge in [-0.15, -0.1) is 0 Å². The Morgan fingerprint density at radius 1 is 1.17 bits per heavy atom. The molecule has 0 saturated carbocycles. The van der Waals surface area contributed by atoms with E-state index in [1.165, 1.54) is 5.56 Å². The first-order valence-electron chi connectivity index (χ1n) is 6.20. The molecule has 3 heteroatoms. The molecule has 2 aromatic rings. The van der Waals surface area contributed by atoms with E-state index in [9.17, 15) is 0 Å². The van der Waals surface area contributed by atoms with E-state index in [4.69, 9.17) is 14.9 Å². The van der Waals surface area contributed by atoms with Crippen LogP contribution in [0.4, 0.5) is 0 Å². The van der Waals surface area contributed by atoms with Gasteiger partial charge in [-0.05, 0) is 35.7 Å². The third-order valence-corrected chi connectivity index (χ3v) is 2.90. The monoisotopic (exact) mass is 245 g/mol. The van der Waals surface area contributed by atoms with E-state index in [1.54, 1.807) is 6.26 Å². The molecule has 2 N–H and O–H groups in total. The van der Waals surface area contributed by atoms with E-state index < -0.39 is 0 Å². The zero-order chi connectivity index (χ0) is 13.0. The van der Waals surface area contributed by atoms with Crippen molar-refractivity contribution in [1.29, 1.82) is 0 Å². The van der Waals surface area contributed by atoms with Crippen molar-refractivity contribution in [2.45, 2.75) is 25.9 Å². The molecule has 1 heterocycles. The second-order valence-corrected chi connectivity index (χ2v) is 4.58. The second kappa shape index (κ2) is 5.74. The number of hydrogen-bond acceptors (Lipinski definition) is 3. The Kier molecular flexibility index (Phi) is 4.05. The zero-order valence-corrected chi connectivity index (χ0v) is 10.8. The molecule has 0 fully saturated rings. The molecule has 0 spiro atoms. The van der Waals surface area contributed by atoms with Crippen molar-refractivity contribution in [2.24, 2.45) is 5.73 Å². The molecule has 0 bridgehead atoms. The molecule has 0 radical (unpaired) electrons. The maximum atomic E-state index is 5.82. The molecule has 1 aromatic carbocycles. The summed E-state index contributed by atoms with van der Waals surface area (Å²) in [6.07, 6.45) is 1.40. The third-order valence-electron chi connectivity index (χ3n) is 2.90. The fourth-order valence-corrected chi connectivity index (χ4v) is 1.79. The van der Waals surface area contributed by atoms with Crippen LogP contribution in [-0.4, -0.2) is 6.54 Å². The Hall–Kier alpha value is -1.74. The first kappa shape index (κ1) is 12.7. The Bertz CT molecular complexity index is 460. The van der Waals surface area contributed by atoms with Crippen LogP contribution in [-0.2, 0) is 0 Å². The first-order chi connectivity index (χ1) is 8.70. The number of ether oxygens (including phenoxy) is 1. The van der Waals surface area contributed by atoms with E-state index in [-0.39, 0.29) is 6.10 Å². The third kappa shape index (κ3) is 2.93. The van der Waals surface area contributed by atoms with Crippen molar-refractivity contribution < 1.29 is 9.15 Å². The van der Waals surface area contributed by atoms with E-state index in [0.29, 0.717) is 12.5 Å². The lowest BCUT2D eigenvalue weighted by molar-refractivity contribution is 0.184. The predicted octanol–water partition coefficient (Wildman–Crippen LogP) is 3.48. The smallest absolute Gasteiger partial charge is 0.168 e. The maximum Gasteiger partial charge on any atom is 0.168 e. The van der Waals surface area contributed by atoms with Crippen LogP contribution in [0.3, 0.4) is 0 Å². The quantitative estimate of drug-likeness (QED) is 0.877. The number of furan rings is 1. The van der Waals surface area contributed by atoms with Gasteiger partial charge in [-0.3, -0.25) is 0 Å². The van der Waals surface area contributed by atoms with E-state index in [1.807, 2.05) is 24.3 Å². The topological polar surface area (TPSA) is 48.4 Å². The van der Waals surface area contributed by atoms with Gasteiger partial charge >= 0.3 is 0 Å². The molecule has 0 aliphatic heterocycles. The van der Waals surface area contributed by atoms with Crippen molar-refractivity contribution in [3.63, 3.8) is 0 Å². The molecule has 0 amide bonds. The largest absolute Gasteiger partial charge is 0.481 e. The van der Waals surface area contributed by atoms with Gasteiger partial charge in [0, 0.05) is 6.54 Å². The van der Waals surface area contributed by atoms with Gasteiger partial charge in [0.25, 0.3) is 0 Å². The Morgan fingerprint density at radius 2 is 1.89 bits per heavy atom. The van der Waals surface area contributed by atoms with Gasteiger partial charge in [0.15, 0.2) is 6.10 Å². The van der Waals surface area contributed by atoms with Crippen molar-refractivity contribution >= 4 is 0 Å². The normalized spacial score (nSPS) is 12.7. The van der Waals surface area contributed by atoms with Gasteiger partial charge in [0.05, 0.1) is 6.26 Å². The Labute approximate surface area is 108 Å². The summed E-state index contributed by atoms with van der Waals surface area (Å²) in [5, 5.41) is 0. The summed E-state index contributed by atoms with van der Waals surface area (Å²) in [6, 6.07) is 11.8. The lowest BCUT2D eigenvalue weighted by Crippen LogP contribution is -2.17. The minimum absolute atomic E-state index is 0.232. The average Bonchev–Trinajstić information content (AvgIpc) is 2.90. The standard InChI is InChI=1S/C15H19NO2/c1-11(2)12-5-7-13(8-6-12)18-15(10-16)14-4-3-9-17-14/h3-9,11,15H,10,16H2,1-2H3. The predicted molar refractivity (Wildman–Crippen MR) is 71.7 cm³/mol. The highest BCUT2D eigenvalue weighted by atomic mass is 16.5. The number of rotatable bonds is 5. The summed E-state index contributed by atoms with van der Waals surface area (Å²) in [4.78, 5) is 0. The molecular weight excluding hydrogens is 226 g/mol. The first-order valence-corrected chi connectivity index (χ1v) is 6.20. The summed E-state index contributed by atoms with van der Waals surface area (Å²) in [7, 11) is 0. The highest BCUT2D eigenvalue weighted by molar-refractivity contribution is 5.29. The lowest BCUT2D eigenvalue weighted by Gasteiger charge is -2.15. The molecule has 0 aliphatic carbocycles. The van der Waals surface area contributed by atoms with Crippen molar-refractivity contribution in [1.82, 2.24) is 0 Å². The molecule has 0 aliphatic rings. The number of nitrogens with two attached hydrogens (primary N) is 1. The SMILES string of the molecule is CC(C)c1ccc(OC(CN)c2ccco2)cc1. The molecule has 3 nitrogen and oxygen atoms in total. The van der Waals surface area contributed by atoms with Gasteiger partial charge in [-0.25, -0.2) is 0 Å². The van der Waals surface area contributed by atoms with Gasteiger partial charge in [0.1, 0.15) is 11.5 Å². The van der Waals surface area contributed by atoms with Crippen LogP contribution >= 0.6 is 0 Å². The van der Waals surface area contributed by atoms with Gasteiger partial charge in [0.2, 0.25) is 0 Å². The lowest BCUT2D eigenvalue weighted by atomic mass is 10.0. The molecular formula is C15H19NO2. The molecule has 18 heavy (non-hydrogen) atoms. The Balaban J connectivity index is 2.08. The van der Waals surface area contributed by atoms with E-state index >= 15 is 0 Å². The molecule has 0 saturated heterocycles. The summed E-state index contributed by atoms with van der Waals surface area (Å²) in [6.45, 7) is 4.72. The molecule has 1 unspecified atom stereocenters. The molecule has 1 aromatic heterocycles. The summed E-state index contributed by atoms with van der Waals surface area (Å²) >= 11 is 0. The van der Waals surface area contributed by atoms with Crippen LogP contribution in [0.2, 0.25) is 0 Å². The minimum atomic E-state index is -0.232. The van der Waals surface area contributed by atoms with Crippen LogP contribution in [0.25, 0.3) is 0 Å². The van der Waals surface area contributed by atoms with Gasteiger partial charge in [-0.1, -0.05) is 26.0 Å². The van der Waals surface area contributed by atoms with Crippen molar-refractivity contribution in [3.8, 4) is 5.75 Å². The van der Waals surface area contributed by atoms with Crippen LogP contribution < -0.4 is 10.5 Å². The maximum absolute atomic E-state index is 5.82. The summed E-state index contributed by atoms with van der Waals surface area (Å²) < 4.78 is 11.1. The van der Waals surface area contributed by atoms with Crippen LogP contribution in [0.15, 0.2) is 47.1 Å². The van der Waals surface area contributed by atoms with Crippen molar-refractivity contribution in [2.75, 3.05) is 6.54 Å². The van der Waals surface area contributed by atoms with Crippen LogP contribution in [0, 0.1) is 0 Å².